The number of aryl methyl sites for hydroxylation is 1. The lowest BCUT2D eigenvalue weighted by Crippen LogP contribution is -2.03. The molecule has 1 saturated carbocycles. The van der Waals surface area contributed by atoms with Gasteiger partial charge in [-0.2, -0.15) is 5.26 Å². The highest BCUT2D eigenvalue weighted by atomic mass is 16.4. The van der Waals surface area contributed by atoms with Crippen molar-refractivity contribution in [3.05, 3.63) is 34.4 Å². The SMILES string of the molecule is Cc1cc(C2CC2)c(C(=O)O)cc1C#N. The molecule has 0 aliphatic heterocycles. The summed E-state index contributed by atoms with van der Waals surface area (Å²) in [5.74, 6) is -0.545. The maximum absolute atomic E-state index is 11.0. The van der Waals surface area contributed by atoms with Crippen LogP contribution in [0.4, 0.5) is 0 Å². The number of nitrogens with zero attached hydrogens (tertiary/aromatic N) is 1. The van der Waals surface area contributed by atoms with Gasteiger partial charge in [0.25, 0.3) is 0 Å². The van der Waals surface area contributed by atoms with E-state index < -0.39 is 5.97 Å². The second kappa shape index (κ2) is 3.39. The Hall–Kier alpha value is -1.82. The minimum absolute atomic E-state index is 0.291. The molecule has 0 radical (unpaired) electrons. The molecule has 0 atom stereocenters. The standard InChI is InChI=1S/C12H11NO2/c1-7-4-10(8-2-3-8)11(12(14)15)5-9(7)6-13/h4-5,8H,2-3H2,1H3,(H,14,15). The van der Waals surface area contributed by atoms with Gasteiger partial charge in [0.15, 0.2) is 0 Å². The fourth-order valence-electron chi connectivity index (χ4n) is 1.77. The molecule has 0 spiro atoms. The van der Waals surface area contributed by atoms with E-state index in [1.807, 2.05) is 19.1 Å². The highest BCUT2D eigenvalue weighted by molar-refractivity contribution is 5.90. The highest BCUT2D eigenvalue weighted by Gasteiger charge is 2.28. The summed E-state index contributed by atoms with van der Waals surface area (Å²) in [7, 11) is 0. The van der Waals surface area contributed by atoms with E-state index in [0.29, 0.717) is 17.0 Å². The Kier molecular flexibility index (Phi) is 2.20. The Morgan fingerprint density at radius 2 is 2.20 bits per heavy atom. The predicted octanol–water partition coefficient (Wildman–Crippen LogP) is 2.44. The summed E-state index contributed by atoms with van der Waals surface area (Å²) in [6.45, 7) is 1.84. The van der Waals surface area contributed by atoms with Crippen LogP contribution < -0.4 is 0 Å². The van der Waals surface area contributed by atoms with E-state index in [1.54, 1.807) is 0 Å². The van der Waals surface area contributed by atoms with Gasteiger partial charge in [-0.25, -0.2) is 4.79 Å². The molecule has 0 saturated heterocycles. The molecule has 1 fully saturated rings. The number of hydrogen-bond acceptors (Lipinski definition) is 2. The number of rotatable bonds is 2. The summed E-state index contributed by atoms with van der Waals surface area (Å²) in [5.41, 5.74) is 2.50. The molecule has 76 valence electrons. The van der Waals surface area contributed by atoms with E-state index in [0.717, 1.165) is 24.0 Å². The van der Waals surface area contributed by atoms with E-state index in [1.165, 1.54) is 6.07 Å². The maximum atomic E-state index is 11.0. The van der Waals surface area contributed by atoms with Gasteiger partial charge in [-0.15, -0.1) is 0 Å². The molecular formula is C12H11NO2. The zero-order valence-corrected chi connectivity index (χ0v) is 8.45. The van der Waals surface area contributed by atoms with E-state index in [9.17, 15) is 4.79 Å². The number of benzene rings is 1. The lowest BCUT2D eigenvalue weighted by molar-refractivity contribution is 0.0695. The minimum Gasteiger partial charge on any atom is -0.478 e. The summed E-state index contributed by atoms with van der Waals surface area (Å²) in [5, 5.41) is 17.9. The summed E-state index contributed by atoms with van der Waals surface area (Å²) in [6.07, 6.45) is 2.12. The lowest BCUT2D eigenvalue weighted by atomic mass is 9.97. The average molecular weight is 201 g/mol. The number of nitriles is 1. The molecule has 3 nitrogen and oxygen atoms in total. The molecule has 0 aromatic heterocycles. The summed E-state index contributed by atoms with van der Waals surface area (Å²) >= 11 is 0. The second-order valence-corrected chi connectivity index (χ2v) is 3.95. The van der Waals surface area contributed by atoms with Crippen LogP contribution in [0.5, 0.6) is 0 Å². The maximum Gasteiger partial charge on any atom is 0.336 e. The predicted molar refractivity (Wildman–Crippen MR) is 54.8 cm³/mol. The molecule has 15 heavy (non-hydrogen) atoms. The Morgan fingerprint density at radius 1 is 1.53 bits per heavy atom. The van der Waals surface area contributed by atoms with Gasteiger partial charge in [0.1, 0.15) is 0 Å². The molecule has 1 aromatic rings. The van der Waals surface area contributed by atoms with E-state index >= 15 is 0 Å². The fourth-order valence-corrected chi connectivity index (χ4v) is 1.77. The van der Waals surface area contributed by atoms with Crippen LogP contribution in [0.2, 0.25) is 0 Å². The third kappa shape index (κ3) is 1.71. The largest absolute Gasteiger partial charge is 0.478 e. The van der Waals surface area contributed by atoms with Gasteiger partial charge in [0.2, 0.25) is 0 Å². The van der Waals surface area contributed by atoms with Crippen molar-refractivity contribution in [2.75, 3.05) is 0 Å². The Balaban J connectivity index is 2.58. The third-order valence-corrected chi connectivity index (χ3v) is 2.76. The molecular weight excluding hydrogens is 190 g/mol. The van der Waals surface area contributed by atoms with Crippen LogP contribution in [-0.4, -0.2) is 11.1 Å². The lowest BCUT2D eigenvalue weighted by Gasteiger charge is -2.07. The Bertz CT molecular complexity index is 467. The second-order valence-electron chi connectivity index (χ2n) is 3.95. The van der Waals surface area contributed by atoms with Crippen LogP contribution in [0.3, 0.4) is 0 Å². The van der Waals surface area contributed by atoms with Gasteiger partial charge in [-0.1, -0.05) is 6.07 Å². The van der Waals surface area contributed by atoms with Crippen molar-refractivity contribution in [1.29, 1.82) is 5.26 Å². The molecule has 1 aliphatic carbocycles. The third-order valence-electron chi connectivity index (χ3n) is 2.76. The average Bonchev–Trinajstić information content (AvgIpc) is 3.00. The minimum atomic E-state index is -0.937. The van der Waals surface area contributed by atoms with Crippen LogP contribution in [-0.2, 0) is 0 Å². The van der Waals surface area contributed by atoms with Crippen molar-refractivity contribution >= 4 is 5.97 Å². The van der Waals surface area contributed by atoms with Crippen molar-refractivity contribution < 1.29 is 9.90 Å². The Labute approximate surface area is 88.0 Å². The topological polar surface area (TPSA) is 61.1 Å². The normalized spacial score (nSPS) is 14.7. The summed E-state index contributed by atoms with van der Waals surface area (Å²) in [4.78, 5) is 11.0. The molecule has 1 N–H and O–H groups in total. The quantitative estimate of drug-likeness (QED) is 0.799. The fraction of sp³-hybridized carbons (Fsp3) is 0.333. The number of carboxylic acid groups (broad SMARTS) is 1. The molecule has 1 aromatic carbocycles. The number of hydrogen-bond donors (Lipinski definition) is 1. The van der Waals surface area contributed by atoms with Gasteiger partial charge in [-0.05, 0) is 42.9 Å². The smallest absolute Gasteiger partial charge is 0.336 e. The van der Waals surface area contributed by atoms with Crippen molar-refractivity contribution in [2.45, 2.75) is 25.7 Å². The first-order chi connectivity index (χ1) is 7.13. The Morgan fingerprint density at radius 3 is 2.67 bits per heavy atom. The van der Waals surface area contributed by atoms with Crippen molar-refractivity contribution in [3.63, 3.8) is 0 Å². The van der Waals surface area contributed by atoms with Crippen LogP contribution in [0.15, 0.2) is 12.1 Å². The van der Waals surface area contributed by atoms with Crippen molar-refractivity contribution in [2.24, 2.45) is 0 Å². The molecule has 3 heteroatoms. The van der Waals surface area contributed by atoms with Crippen LogP contribution in [0.1, 0.15) is 45.8 Å². The summed E-state index contributed by atoms with van der Waals surface area (Å²) < 4.78 is 0. The van der Waals surface area contributed by atoms with Crippen LogP contribution >= 0.6 is 0 Å². The van der Waals surface area contributed by atoms with Gasteiger partial charge in [0, 0.05) is 0 Å². The highest BCUT2D eigenvalue weighted by Crippen LogP contribution is 2.42. The van der Waals surface area contributed by atoms with E-state index in [-0.39, 0.29) is 0 Å². The van der Waals surface area contributed by atoms with E-state index in [4.69, 9.17) is 10.4 Å². The zero-order chi connectivity index (χ0) is 11.0. The number of carboxylic acids is 1. The molecule has 0 unspecified atom stereocenters. The van der Waals surface area contributed by atoms with Crippen molar-refractivity contribution in [3.8, 4) is 6.07 Å². The van der Waals surface area contributed by atoms with Crippen molar-refractivity contribution in [1.82, 2.24) is 0 Å². The molecule has 0 heterocycles. The molecule has 2 rings (SSSR count). The van der Waals surface area contributed by atoms with Crippen LogP contribution in [0, 0.1) is 18.3 Å². The first-order valence-corrected chi connectivity index (χ1v) is 4.91. The molecule has 0 bridgehead atoms. The molecule has 1 aliphatic rings. The molecule has 0 amide bonds. The van der Waals surface area contributed by atoms with E-state index in [2.05, 4.69) is 0 Å². The summed E-state index contributed by atoms with van der Waals surface area (Å²) in [6, 6.07) is 5.35. The number of carbonyl (C=O) groups is 1. The van der Waals surface area contributed by atoms with Gasteiger partial charge >= 0.3 is 5.97 Å². The van der Waals surface area contributed by atoms with Gasteiger partial charge < -0.3 is 5.11 Å². The first kappa shape index (κ1) is 9.72. The van der Waals surface area contributed by atoms with Gasteiger partial charge in [-0.3, -0.25) is 0 Å². The number of aromatic carboxylic acids is 1. The van der Waals surface area contributed by atoms with Crippen LogP contribution in [0.25, 0.3) is 0 Å². The zero-order valence-electron chi connectivity index (χ0n) is 8.45. The monoisotopic (exact) mass is 201 g/mol. The first-order valence-electron chi connectivity index (χ1n) is 4.91. The van der Waals surface area contributed by atoms with Gasteiger partial charge in [0.05, 0.1) is 17.2 Å².